The summed E-state index contributed by atoms with van der Waals surface area (Å²) in [5, 5.41) is 0. The molecule has 0 amide bonds. The fraction of sp³-hybridized carbons (Fsp3) is 0.333. The molecule has 1 heterocycles. The molecule has 0 radical (unpaired) electrons. The highest BCUT2D eigenvalue weighted by atomic mass is 19.3. The van der Waals surface area contributed by atoms with Gasteiger partial charge in [-0.1, -0.05) is 0 Å². The Hall–Kier alpha value is -1.92. The lowest BCUT2D eigenvalue weighted by molar-refractivity contribution is 0.0592. The first kappa shape index (κ1) is 12.2. The molecular weight excluding hydrogens is 222 g/mol. The van der Waals surface area contributed by atoms with Gasteiger partial charge in [0.25, 0.3) is 6.43 Å². The number of pyridine rings is 1. The lowest BCUT2D eigenvalue weighted by Crippen LogP contribution is -2.10. The number of esters is 1. The monoisotopic (exact) mass is 232 g/mol. The van der Waals surface area contributed by atoms with Crippen LogP contribution in [-0.2, 0) is 4.74 Å². The number of rotatable bonds is 3. The van der Waals surface area contributed by atoms with Crippen LogP contribution in [0.5, 0.6) is 5.75 Å². The number of carbonyl (C=O) groups excluding carboxylic acids is 1. The third-order valence-electron chi connectivity index (χ3n) is 1.83. The van der Waals surface area contributed by atoms with E-state index >= 15 is 0 Å². The summed E-state index contributed by atoms with van der Waals surface area (Å²) in [6.45, 7) is 0. The molecule has 1 rings (SSSR count). The number of aromatic nitrogens is 1. The Kier molecular flexibility index (Phi) is 3.60. The van der Waals surface area contributed by atoms with Gasteiger partial charge in [0.2, 0.25) is 0 Å². The zero-order valence-corrected chi connectivity index (χ0v) is 8.66. The predicted molar refractivity (Wildman–Crippen MR) is 51.5 cm³/mol. The zero-order valence-electron chi connectivity index (χ0n) is 8.66. The van der Waals surface area contributed by atoms with Crippen molar-refractivity contribution in [1.82, 2.24) is 4.98 Å². The normalized spacial score (nSPS) is 10.3. The Labute approximate surface area is 90.2 Å². The van der Waals surface area contributed by atoms with Gasteiger partial charge in [-0.05, 0) is 6.07 Å². The van der Waals surface area contributed by atoms with E-state index in [0.717, 1.165) is 13.2 Å². The van der Waals surface area contributed by atoms with Crippen LogP contribution in [0.1, 0.15) is 22.6 Å². The van der Waals surface area contributed by atoms with Crippen molar-refractivity contribution in [3.05, 3.63) is 17.5 Å². The number of hydrogen-bond donors (Lipinski definition) is 1. The fourth-order valence-corrected chi connectivity index (χ4v) is 1.15. The average molecular weight is 232 g/mol. The number of nitrogen functional groups attached to an aromatic ring is 1. The van der Waals surface area contributed by atoms with Crippen molar-refractivity contribution in [1.29, 1.82) is 0 Å². The molecule has 0 saturated carbocycles. The summed E-state index contributed by atoms with van der Waals surface area (Å²) in [6.07, 6.45) is -2.89. The van der Waals surface area contributed by atoms with E-state index in [1.165, 1.54) is 7.11 Å². The Morgan fingerprint density at radius 3 is 2.56 bits per heavy atom. The minimum absolute atomic E-state index is 0.0896. The summed E-state index contributed by atoms with van der Waals surface area (Å²) in [4.78, 5) is 14.6. The highest BCUT2D eigenvalue weighted by molar-refractivity contribution is 5.88. The molecule has 0 aromatic carbocycles. The highest BCUT2D eigenvalue weighted by Gasteiger charge is 2.22. The number of methoxy groups -OCH3 is 2. The number of nitrogens with two attached hydrogens (primary N) is 1. The van der Waals surface area contributed by atoms with E-state index in [-0.39, 0.29) is 17.1 Å². The maximum atomic E-state index is 12.6. The molecule has 5 nitrogen and oxygen atoms in total. The predicted octanol–water partition coefficient (Wildman–Crippen LogP) is 1.40. The van der Waals surface area contributed by atoms with Crippen LogP contribution in [0.3, 0.4) is 0 Å². The minimum atomic E-state index is -2.89. The van der Waals surface area contributed by atoms with Crippen molar-refractivity contribution in [3.63, 3.8) is 0 Å². The first-order valence-electron chi connectivity index (χ1n) is 4.22. The van der Waals surface area contributed by atoms with Crippen LogP contribution in [0.2, 0.25) is 0 Å². The molecular formula is C9H10F2N2O3. The van der Waals surface area contributed by atoms with Crippen molar-refractivity contribution in [2.24, 2.45) is 0 Å². The molecule has 0 spiro atoms. The Balaban J connectivity index is 3.33. The maximum Gasteiger partial charge on any atom is 0.356 e. The number of halogens is 2. The quantitative estimate of drug-likeness (QED) is 0.797. The summed E-state index contributed by atoms with van der Waals surface area (Å²) in [6, 6.07) is 1.12. The molecule has 0 aliphatic rings. The van der Waals surface area contributed by atoms with Gasteiger partial charge in [-0.15, -0.1) is 0 Å². The molecule has 2 N–H and O–H groups in total. The van der Waals surface area contributed by atoms with Crippen molar-refractivity contribution in [3.8, 4) is 5.75 Å². The Bertz CT molecular complexity index is 410. The third kappa shape index (κ3) is 2.18. The smallest absolute Gasteiger partial charge is 0.356 e. The molecule has 1 aromatic rings. The van der Waals surface area contributed by atoms with Crippen LogP contribution in [0, 0.1) is 0 Å². The van der Waals surface area contributed by atoms with E-state index in [0.29, 0.717) is 0 Å². The fourth-order valence-electron chi connectivity index (χ4n) is 1.15. The summed E-state index contributed by atoms with van der Waals surface area (Å²) in [7, 11) is 2.31. The van der Waals surface area contributed by atoms with Crippen molar-refractivity contribution in [2.75, 3.05) is 20.0 Å². The lowest BCUT2D eigenvalue weighted by atomic mass is 10.2. The van der Waals surface area contributed by atoms with Gasteiger partial charge in [0.05, 0.1) is 19.9 Å². The summed E-state index contributed by atoms with van der Waals surface area (Å²) in [5.74, 6) is -1.07. The molecule has 0 aliphatic heterocycles. The molecule has 0 saturated heterocycles. The molecule has 0 fully saturated rings. The second-order valence-corrected chi connectivity index (χ2v) is 2.81. The number of anilines is 1. The van der Waals surface area contributed by atoms with Crippen LogP contribution in [0.4, 0.5) is 14.5 Å². The number of carbonyl (C=O) groups is 1. The lowest BCUT2D eigenvalue weighted by Gasteiger charge is -2.11. The number of nitrogens with zero attached hydrogens (tertiary/aromatic N) is 1. The molecule has 0 bridgehead atoms. The topological polar surface area (TPSA) is 74.4 Å². The van der Waals surface area contributed by atoms with Gasteiger partial charge in [-0.2, -0.15) is 0 Å². The first-order chi connectivity index (χ1) is 7.51. The number of alkyl halides is 2. The van der Waals surface area contributed by atoms with Crippen molar-refractivity contribution >= 4 is 11.7 Å². The van der Waals surface area contributed by atoms with Crippen LogP contribution in [0.25, 0.3) is 0 Å². The number of hydrogen-bond acceptors (Lipinski definition) is 5. The van der Waals surface area contributed by atoms with Gasteiger partial charge >= 0.3 is 5.97 Å². The average Bonchev–Trinajstić information content (AvgIpc) is 2.26. The van der Waals surface area contributed by atoms with Gasteiger partial charge in [-0.3, -0.25) is 0 Å². The van der Waals surface area contributed by atoms with Crippen molar-refractivity contribution < 1.29 is 23.0 Å². The van der Waals surface area contributed by atoms with Crippen LogP contribution in [-0.4, -0.2) is 25.2 Å². The maximum absolute atomic E-state index is 12.6. The van der Waals surface area contributed by atoms with E-state index in [4.69, 9.17) is 5.73 Å². The standard InChI is InChI=1S/C9H10F2N2O3/c1-15-7-4(12)3-5(9(14)16-2)13-6(7)8(10)11/h3,8H,1-2H3,(H2,12,13). The van der Waals surface area contributed by atoms with Gasteiger partial charge in [0, 0.05) is 0 Å². The largest absolute Gasteiger partial charge is 0.492 e. The Morgan fingerprint density at radius 2 is 2.12 bits per heavy atom. The van der Waals surface area contributed by atoms with Crippen LogP contribution in [0.15, 0.2) is 6.07 Å². The molecule has 0 aliphatic carbocycles. The summed E-state index contributed by atoms with van der Waals surface area (Å²) in [5.41, 5.74) is 4.41. The molecule has 1 aromatic heterocycles. The van der Waals surface area contributed by atoms with Gasteiger partial charge < -0.3 is 15.2 Å². The summed E-state index contributed by atoms with van der Waals surface area (Å²) >= 11 is 0. The number of ether oxygens (including phenoxy) is 2. The molecule has 0 atom stereocenters. The highest BCUT2D eigenvalue weighted by Crippen LogP contribution is 2.32. The van der Waals surface area contributed by atoms with E-state index in [2.05, 4.69) is 14.5 Å². The molecule has 88 valence electrons. The minimum Gasteiger partial charge on any atom is -0.492 e. The first-order valence-corrected chi connectivity index (χ1v) is 4.22. The van der Waals surface area contributed by atoms with Gasteiger partial charge in [-0.25, -0.2) is 18.6 Å². The SMILES string of the molecule is COC(=O)c1cc(N)c(OC)c(C(F)F)n1. The van der Waals surface area contributed by atoms with E-state index in [1.807, 2.05) is 0 Å². The van der Waals surface area contributed by atoms with Crippen LogP contribution < -0.4 is 10.5 Å². The van der Waals surface area contributed by atoms with E-state index in [1.54, 1.807) is 0 Å². The summed E-state index contributed by atoms with van der Waals surface area (Å²) < 4.78 is 34.2. The zero-order chi connectivity index (χ0) is 12.3. The third-order valence-corrected chi connectivity index (χ3v) is 1.83. The molecule has 0 unspecified atom stereocenters. The van der Waals surface area contributed by atoms with Crippen molar-refractivity contribution in [2.45, 2.75) is 6.43 Å². The second-order valence-electron chi connectivity index (χ2n) is 2.81. The molecule has 7 heteroatoms. The van der Waals surface area contributed by atoms with Crippen LogP contribution >= 0.6 is 0 Å². The van der Waals surface area contributed by atoms with Gasteiger partial charge in [0.15, 0.2) is 17.1 Å². The van der Waals surface area contributed by atoms with E-state index in [9.17, 15) is 13.6 Å². The Morgan fingerprint density at radius 1 is 1.50 bits per heavy atom. The second kappa shape index (κ2) is 4.73. The van der Waals surface area contributed by atoms with Gasteiger partial charge in [0.1, 0.15) is 0 Å². The van der Waals surface area contributed by atoms with E-state index < -0.39 is 18.1 Å². The molecule has 16 heavy (non-hydrogen) atoms.